The van der Waals surface area contributed by atoms with Gasteiger partial charge < -0.3 is 11.1 Å². The number of sulfonamides is 1. The number of nitrogen functional groups attached to an aromatic ring is 1. The third-order valence-corrected chi connectivity index (χ3v) is 3.41. The van der Waals surface area contributed by atoms with Crippen LogP contribution in [0.3, 0.4) is 0 Å². The number of aromatic nitrogens is 3. The van der Waals surface area contributed by atoms with Crippen LogP contribution in [0.4, 0.5) is 11.4 Å². The van der Waals surface area contributed by atoms with E-state index in [2.05, 4.69) is 20.5 Å². The number of benzene rings is 1. The van der Waals surface area contributed by atoms with Crippen LogP contribution in [-0.4, -0.2) is 30.1 Å². The molecule has 0 atom stereocenters. The molecule has 0 saturated heterocycles. The average Bonchev–Trinajstić information content (AvgIpc) is 2.83. The first-order valence-electron chi connectivity index (χ1n) is 5.47. The molecular formula is C10H14N6O2S. The summed E-state index contributed by atoms with van der Waals surface area (Å²) in [6.45, 7) is 0.535. The number of rotatable bonds is 5. The fraction of sp³-hybridized carbons (Fsp3) is 0.200. The molecule has 0 saturated carbocycles. The topological polar surface area (TPSA) is 140 Å². The molecule has 0 aliphatic heterocycles. The van der Waals surface area contributed by atoms with Crippen molar-refractivity contribution in [1.29, 1.82) is 0 Å². The zero-order chi connectivity index (χ0) is 13.9. The van der Waals surface area contributed by atoms with E-state index in [9.17, 15) is 8.42 Å². The van der Waals surface area contributed by atoms with Crippen LogP contribution in [0.1, 0.15) is 5.82 Å². The van der Waals surface area contributed by atoms with Crippen molar-refractivity contribution in [2.24, 2.45) is 5.14 Å². The Morgan fingerprint density at radius 2 is 2.16 bits per heavy atom. The van der Waals surface area contributed by atoms with E-state index in [1.54, 1.807) is 0 Å². The van der Waals surface area contributed by atoms with Crippen LogP contribution in [0.25, 0.3) is 0 Å². The lowest BCUT2D eigenvalue weighted by Crippen LogP contribution is -2.14. The summed E-state index contributed by atoms with van der Waals surface area (Å²) in [6, 6.07) is 4.27. The van der Waals surface area contributed by atoms with Crippen molar-refractivity contribution in [2.45, 2.75) is 11.3 Å². The van der Waals surface area contributed by atoms with Crippen LogP contribution in [0, 0.1) is 0 Å². The lowest BCUT2D eigenvalue weighted by atomic mass is 10.2. The molecule has 1 aromatic carbocycles. The molecule has 2 aromatic rings. The van der Waals surface area contributed by atoms with Gasteiger partial charge in [0.25, 0.3) is 0 Å². The average molecular weight is 282 g/mol. The first kappa shape index (κ1) is 13.3. The maximum atomic E-state index is 11.2. The van der Waals surface area contributed by atoms with E-state index in [1.165, 1.54) is 24.5 Å². The Morgan fingerprint density at radius 3 is 2.79 bits per heavy atom. The molecule has 0 amide bonds. The summed E-state index contributed by atoms with van der Waals surface area (Å²) >= 11 is 0. The van der Waals surface area contributed by atoms with Crippen molar-refractivity contribution in [2.75, 3.05) is 17.6 Å². The van der Waals surface area contributed by atoms with Gasteiger partial charge in [-0.15, -0.1) is 0 Å². The van der Waals surface area contributed by atoms with Crippen molar-refractivity contribution in [1.82, 2.24) is 15.2 Å². The Balaban J connectivity index is 2.07. The van der Waals surface area contributed by atoms with Crippen LogP contribution < -0.4 is 16.2 Å². The Bertz CT molecular complexity index is 653. The largest absolute Gasteiger partial charge is 0.397 e. The maximum Gasteiger partial charge on any atom is 0.238 e. The second-order valence-corrected chi connectivity index (χ2v) is 5.46. The van der Waals surface area contributed by atoms with E-state index in [0.717, 1.165) is 5.82 Å². The minimum absolute atomic E-state index is 0.0175. The van der Waals surface area contributed by atoms with E-state index < -0.39 is 10.0 Å². The molecule has 0 radical (unpaired) electrons. The monoisotopic (exact) mass is 282 g/mol. The van der Waals surface area contributed by atoms with Crippen molar-refractivity contribution in [3.8, 4) is 0 Å². The lowest BCUT2D eigenvalue weighted by Gasteiger charge is -2.10. The Labute approximate surface area is 110 Å². The number of primary sulfonamides is 1. The molecule has 0 unspecified atom stereocenters. The zero-order valence-electron chi connectivity index (χ0n) is 10.00. The molecule has 0 spiro atoms. The molecule has 6 N–H and O–H groups in total. The number of nitrogens with two attached hydrogens (primary N) is 2. The summed E-state index contributed by atoms with van der Waals surface area (Å²) in [5.41, 5.74) is 6.73. The molecule has 0 aliphatic rings. The van der Waals surface area contributed by atoms with Crippen LogP contribution in [0.15, 0.2) is 29.4 Å². The number of hydrogen-bond donors (Lipinski definition) is 4. The number of nitrogens with zero attached hydrogens (tertiary/aromatic N) is 2. The number of aromatic amines is 1. The van der Waals surface area contributed by atoms with E-state index >= 15 is 0 Å². The zero-order valence-corrected chi connectivity index (χ0v) is 10.8. The molecule has 9 heteroatoms. The highest BCUT2D eigenvalue weighted by Crippen LogP contribution is 2.21. The van der Waals surface area contributed by atoms with Crippen LogP contribution in [0.5, 0.6) is 0 Å². The minimum atomic E-state index is -3.73. The molecule has 1 aromatic heterocycles. The summed E-state index contributed by atoms with van der Waals surface area (Å²) in [7, 11) is -3.73. The number of anilines is 2. The highest BCUT2D eigenvalue weighted by molar-refractivity contribution is 7.89. The van der Waals surface area contributed by atoms with Gasteiger partial charge in [0, 0.05) is 13.0 Å². The standard InChI is InChI=1S/C10H14N6O2S/c11-8-2-1-7(19(12,17)18)5-9(8)13-4-3-10-14-6-15-16-10/h1-2,5-6,13H,3-4,11H2,(H2,12,17,18)(H,14,15,16). The van der Waals surface area contributed by atoms with Crippen molar-refractivity contribution in [3.63, 3.8) is 0 Å². The smallest absolute Gasteiger partial charge is 0.238 e. The SMILES string of the molecule is Nc1ccc(S(N)(=O)=O)cc1NCCc1ncn[nH]1. The molecule has 19 heavy (non-hydrogen) atoms. The van der Waals surface area contributed by atoms with E-state index in [0.29, 0.717) is 24.3 Å². The molecule has 2 rings (SSSR count). The van der Waals surface area contributed by atoms with Crippen molar-refractivity contribution < 1.29 is 8.42 Å². The summed E-state index contributed by atoms with van der Waals surface area (Å²) in [6.07, 6.45) is 2.03. The fourth-order valence-corrected chi connectivity index (χ4v) is 2.07. The molecule has 0 bridgehead atoms. The molecule has 0 aliphatic carbocycles. The van der Waals surface area contributed by atoms with Crippen molar-refractivity contribution >= 4 is 21.4 Å². The molecule has 1 heterocycles. The van der Waals surface area contributed by atoms with E-state index in [4.69, 9.17) is 10.9 Å². The highest BCUT2D eigenvalue weighted by Gasteiger charge is 2.10. The lowest BCUT2D eigenvalue weighted by molar-refractivity contribution is 0.598. The Kier molecular flexibility index (Phi) is 3.67. The Hall–Kier alpha value is -2.13. The van der Waals surface area contributed by atoms with Gasteiger partial charge in [-0.05, 0) is 18.2 Å². The number of H-pyrrole nitrogens is 1. The quantitative estimate of drug-likeness (QED) is 0.554. The second-order valence-electron chi connectivity index (χ2n) is 3.90. The van der Waals surface area contributed by atoms with Crippen molar-refractivity contribution in [3.05, 3.63) is 30.4 Å². The van der Waals surface area contributed by atoms with Gasteiger partial charge in [0.2, 0.25) is 10.0 Å². The van der Waals surface area contributed by atoms with Crippen LogP contribution in [-0.2, 0) is 16.4 Å². The van der Waals surface area contributed by atoms with Gasteiger partial charge in [-0.2, -0.15) is 5.10 Å². The molecule has 8 nitrogen and oxygen atoms in total. The molecule has 102 valence electrons. The van der Waals surface area contributed by atoms with Gasteiger partial charge in [0.1, 0.15) is 12.2 Å². The van der Waals surface area contributed by atoms with Gasteiger partial charge in [0.05, 0.1) is 16.3 Å². The first-order chi connectivity index (χ1) is 8.97. The van der Waals surface area contributed by atoms with Crippen LogP contribution in [0.2, 0.25) is 0 Å². The van der Waals surface area contributed by atoms with Gasteiger partial charge in [-0.3, -0.25) is 5.10 Å². The summed E-state index contributed by atoms with van der Waals surface area (Å²) < 4.78 is 22.5. The third kappa shape index (κ3) is 3.42. The van der Waals surface area contributed by atoms with Gasteiger partial charge in [0.15, 0.2) is 0 Å². The predicted octanol–water partition coefficient (Wildman–Crippen LogP) is -0.311. The maximum absolute atomic E-state index is 11.2. The molecular weight excluding hydrogens is 268 g/mol. The van der Waals surface area contributed by atoms with Gasteiger partial charge in [-0.25, -0.2) is 18.5 Å². The number of nitrogens with one attached hydrogen (secondary N) is 2. The third-order valence-electron chi connectivity index (χ3n) is 2.50. The highest BCUT2D eigenvalue weighted by atomic mass is 32.2. The predicted molar refractivity (Wildman–Crippen MR) is 70.8 cm³/mol. The summed E-state index contributed by atoms with van der Waals surface area (Å²) in [5.74, 6) is 0.730. The van der Waals surface area contributed by atoms with Gasteiger partial charge in [-0.1, -0.05) is 0 Å². The second kappa shape index (κ2) is 5.24. The number of hydrogen-bond acceptors (Lipinski definition) is 6. The normalized spacial score (nSPS) is 11.4. The Morgan fingerprint density at radius 1 is 1.37 bits per heavy atom. The van der Waals surface area contributed by atoms with Gasteiger partial charge >= 0.3 is 0 Å². The summed E-state index contributed by atoms with van der Waals surface area (Å²) in [5, 5.41) is 14.5. The fourth-order valence-electron chi connectivity index (χ4n) is 1.53. The summed E-state index contributed by atoms with van der Waals surface area (Å²) in [4.78, 5) is 3.99. The van der Waals surface area contributed by atoms with E-state index in [1.807, 2.05) is 0 Å². The molecule has 0 fully saturated rings. The first-order valence-corrected chi connectivity index (χ1v) is 7.02. The van der Waals surface area contributed by atoms with E-state index in [-0.39, 0.29) is 4.90 Å². The van der Waals surface area contributed by atoms with Crippen LogP contribution >= 0.6 is 0 Å². The minimum Gasteiger partial charge on any atom is -0.397 e.